The number of rotatable bonds is 10. The van der Waals surface area contributed by atoms with Crippen molar-refractivity contribution in [1.82, 2.24) is 4.90 Å². The summed E-state index contributed by atoms with van der Waals surface area (Å²) in [4.78, 5) is 2.33. The first kappa shape index (κ1) is 16.4. The van der Waals surface area contributed by atoms with Gasteiger partial charge in [0.05, 0.1) is 18.1 Å². The van der Waals surface area contributed by atoms with E-state index in [1.54, 1.807) is 14.2 Å². The minimum atomic E-state index is -0.243. The highest BCUT2D eigenvalue weighted by Gasteiger charge is 2.18. The molecule has 4 heteroatoms. The predicted molar refractivity (Wildman–Crippen MR) is 68.8 cm³/mol. The van der Waals surface area contributed by atoms with Crippen LogP contribution in [0, 0.1) is 16.7 Å². The van der Waals surface area contributed by atoms with Crippen LogP contribution in [0.5, 0.6) is 0 Å². The standard InChI is InChI=1S/C13H26N2O2/c1-13(2,12-14)6-8-15(9-11-17-4)7-5-10-16-3/h5-11H2,1-4H3. The highest BCUT2D eigenvalue weighted by molar-refractivity contribution is 4.92. The zero-order valence-electron chi connectivity index (χ0n) is 11.7. The molecule has 0 aliphatic heterocycles. The molecule has 0 rings (SSSR count). The average Bonchev–Trinajstić information content (AvgIpc) is 2.32. The maximum atomic E-state index is 8.98. The minimum absolute atomic E-state index is 0.243. The molecule has 0 radical (unpaired) electrons. The summed E-state index contributed by atoms with van der Waals surface area (Å²) in [6, 6.07) is 2.34. The van der Waals surface area contributed by atoms with Gasteiger partial charge < -0.3 is 14.4 Å². The van der Waals surface area contributed by atoms with Crippen LogP contribution in [0.2, 0.25) is 0 Å². The van der Waals surface area contributed by atoms with Gasteiger partial charge in [-0.1, -0.05) is 0 Å². The van der Waals surface area contributed by atoms with Crippen LogP contribution in [-0.4, -0.2) is 52.0 Å². The van der Waals surface area contributed by atoms with Crippen molar-refractivity contribution in [2.45, 2.75) is 26.7 Å². The Hall–Kier alpha value is -0.630. The Labute approximate surface area is 105 Å². The number of nitrogens with zero attached hydrogens (tertiary/aromatic N) is 2. The monoisotopic (exact) mass is 242 g/mol. The number of nitriles is 1. The van der Waals surface area contributed by atoms with Crippen molar-refractivity contribution in [2.75, 3.05) is 47.1 Å². The van der Waals surface area contributed by atoms with Gasteiger partial charge in [0.25, 0.3) is 0 Å². The summed E-state index contributed by atoms with van der Waals surface area (Å²) in [5.41, 5.74) is -0.243. The second-order valence-electron chi connectivity index (χ2n) is 4.93. The third-order valence-corrected chi connectivity index (χ3v) is 2.79. The SMILES string of the molecule is COCCCN(CCOC)CCC(C)(C)C#N. The van der Waals surface area contributed by atoms with Gasteiger partial charge in [-0.2, -0.15) is 5.26 Å². The normalized spacial score (nSPS) is 11.8. The summed E-state index contributed by atoms with van der Waals surface area (Å²) in [5, 5.41) is 8.98. The van der Waals surface area contributed by atoms with Gasteiger partial charge in [-0.15, -0.1) is 0 Å². The van der Waals surface area contributed by atoms with E-state index in [4.69, 9.17) is 14.7 Å². The van der Waals surface area contributed by atoms with Crippen LogP contribution in [0.3, 0.4) is 0 Å². The summed E-state index contributed by atoms with van der Waals surface area (Å²) in [5.74, 6) is 0. The van der Waals surface area contributed by atoms with Crippen LogP contribution in [0.4, 0.5) is 0 Å². The largest absolute Gasteiger partial charge is 0.385 e. The Kier molecular flexibility index (Phi) is 9.06. The van der Waals surface area contributed by atoms with E-state index >= 15 is 0 Å². The fraction of sp³-hybridized carbons (Fsp3) is 0.923. The van der Waals surface area contributed by atoms with Gasteiger partial charge in [0, 0.05) is 33.9 Å². The number of methoxy groups -OCH3 is 2. The van der Waals surface area contributed by atoms with Crippen molar-refractivity contribution in [2.24, 2.45) is 5.41 Å². The Morgan fingerprint density at radius 3 is 2.24 bits per heavy atom. The van der Waals surface area contributed by atoms with Crippen LogP contribution in [-0.2, 0) is 9.47 Å². The zero-order valence-corrected chi connectivity index (χ0v) is 11.7. The first-order valence-corrected chi connectivity index (χ1v) is 6.17. The van der Waals surface area contributed by atoms with E-state index < -0.39 is 0 Å². The van der Waals surface area contributed by atoms with Crippen LogP contribution in [0.1, 0.15) is 26.7 Å². The third-order valence-electron chi connectivity index (χ3n) is 2.79. The molecule has 0 aliphatic carbocycles. The summed E-state index contributed by atoms with van der Waals surface area (Å²) in [6.45, 7) is 8.34. The zero-order chi connectivity index (χ0) is 13.1. The smallest absolute Gasteiger partial charge is 0.0684 e. The van der Waals surface area contributed by atoms with Gasteiger partial charge in [0.15, 0.2) is 0 Å². The predicted octanol–water partition coefficient (Wildman–Crippen LogP) is 1.91. The van der Waals surface area contributed by atoms with Crippen molar-refractivity contribution < 1.29 is 9.47 Å². The van der Waals surface area contributed by atoms with Crippen molar-refractivity contribution >= 4 is 0 Å². The Bertz CT molecular complexity index is 224. The van der Waals surface area contributed by atoms with Crippen LogP contribution in [0.15, 0.2) is 0 Å². The summed E-state index contributed by atoms with van der Waals surface area (Å²) < 4.78 is 10.2. The molecule has 0 amide bonds. The molecule has 4 nitrogen and oxygen atoms in total. The molecule has 0 saturated carbocycles. The average molecular weight is 242 g/mol. The Morgan fingerprint density at radius 2 is 1.71 bits per heavy atom. The van der Waals surface area contributed by atoms with Gasteiger partial charge in [0.2, 0.25) is 0 Å². The molecule has 17 heavy (non-hydrogen) atoms. The van der Waals surface area contributed by atoms with Gasteiger partial charge in [-0.05, 0) is 33.2 Å². The van der Waals surface area contributed by atoms with E-state index in [9.17, 15) is 0 Å². The molecule has 100 valence electrons. The molecule has 0 atom stereocenters. The molecule has 0 aliphatic rings. The fourth-order valence-electron chi connectivity index (χ4n) is 1.48. The number of hydrogen-bond donors (Lipinski definition) is 0. The van der Waals surface area contributed by atoms with Crippen molar-refractivity contribution in [1.29, 1.82) is 5.26 Å². The molecule has 0 aromatic heterocycles. The molecule has 0 aromatic carbocycles. The van der Waals surface area contributed by atoms with Gasteiger partial charge in [-0.25, -0.2) is 0 Å². The summed E-state index contributed by atoms with van der Waals surface area (Å²) in [7, 11) is 3.44. The first-order chi connectivity index (χ1) is 8.05. The molecule has 0 spiro atoms. The first-order valence-electron chi connectivity index (χ1n) is 6.17. The van der Waals surface area contributed by atoms with Gasteiger partial charge in [-0.3, -0.25) is 0 Å². The van der Waals surface area contributed by atoms with Crippen molar-refractivity contribution in [3.8, 4) is 6.07 Å². The maximum absolute atomic E-state index is 8.98. The molecule has 0 saturated heterocycles. The molecular formula is C13H26N2O2. The molecule has 0 unspecified atom stereocenters. The maximum Gasteiger partial charge on any atom is 0.0684 e. The molecule has 0 fully saturated rings. The number of hydrogen-bond acceptors (Lipinski definition) is 4. The molecule has 0 heterocycles. The summed E-state index contributed by atoms with van der Waals surface area (Å²) in [6.07, 6.45) is 1.91. The molecule has 0 aromatic rings. The lowest BCUT2D eigenvalue weighted by Gasteiger charge is -2.25. The molecular weight excluding hydrogens is 216 g/mol. The van der Waals surface area contributed by atoms with Crippen molar-refractivity contribution in [3.05, 3.63) is 0 Å². The highest BCUT2D eigenvalue weighted by Crippen LogP contribution is 2.18. The van der Waals surface area contributed by atoms with E-state index in [1.165, 1.54) is 0 Å². The van der Waals surface area contributed by atoms with Crippen molar-refractivity contribution in [3.63, 3.8) is 0 Å². The lowest BCUT2D eigenvalue weighted by Crippen LogP contribution is -2.32. The van der Waals surface area contributed by atoms with E-state index in [0.717, 1.165) is 45.7 Å². The second kappa shape index (κ2) is 9.41. The van der Waals surface area contributed by atoms with E-state index in [2.05, 4.69) is 11.0 Å². The fourth-order valence-corrected chi connectivity index (χ4v) is 1.48. The lowest BCUT2D eigenvalue weighted by atomic mass is 9.91. The molecule has 0 bridgehead atoms. The third kappa shape index (κ3) is 9.11. The van der Waals surface area contributed by atoms with Crippen LogP contribution >= 0.6 is 0 Å². The Morgan fingerprint density at radius 1 is 1.06 bits per heavy atom. The quantitative estimate of drug-likeness (QED) is 0.549. The highest BCUT2D eigenvalue weighted by atomic mass is 16.5. The van der Waals surface area contributed by atoms with E-state index in [-0.39, 0.29) is 5.41 Å². The Balaban J connectivity index is 3.96. The minimum Gasteiger partial charge on any atom is -0.385 e. The molecule has 0 N–H and O–H groups in total. The van der Waals surface area contributed by atoms with Crippen LogP contribution < -0.4 is 0 Å². The van der Waals surface area contributed by atoms with Crippen LogP contribution in [0.25, 0.3) is 0 Å². The van der Waals surface area contributed by atoms with Gasteiger partial charge >= 0.3 is 0 Å². The topological polar surface area (TPSA) is 45.5 Å². The summed E-state index contributed by atoms with van der Waals surface area (Å²) >= 11 is 0. The van der Waals surface area contributed by atoms with E-state index in [0.29, 0.717) is 0 Å². The lowest BCUT2D eigenvalue weighted by molar-refractivity contribution is 0.127. The van der Waals surface area contributed by atoms with E-state index in [1.807, 2.05) is 13.8 Å². The van der Waals surface area contributed by atoms with Gasteiger partial charge in [0.1, 0.15) is 0 Å². The second-order valence-corrected chi connectivity index (χ2v) is 4.93. The number of ether oxygens (including phenoxy) is 2.